The molecule has 1 aliphatic heterocycles. The van der Waals surface area contributed by atoms with Crippen molar-refractivity contribution in [2.75, 3.05) is 25.4 Å². The zero-order valence-corrected chi connectivity index (χ0v) is 9.92. The molecule has 1 atom stereocenters. The summed E-state index contributed by atoms with van der Waals surface area (Å²) in [6, 6.07) is 6.58. The van der Waals surface area contributed by atoms with Crippen molar-refractivity contribution in [3.63, 3.8) is 0 Å². The molecule has 2 rings (SSSR count). The number of benzene rings is 1. The van der Waals surface area contributed by atoms with Gasteiger partial charge < -0.3 is 5.11 Å². The maximum Gasteiger partial charge on any atom is 0.123 e. The highest BCUT2D eigenvalue weighted by atomic mass is 32.2. The molecule has 1 aliphatic rings. The van der Waals surface area contributed by atoms with E-state index in [1.807, 2.05) is 0 Å². The van der Waals surface area contributed by atoms with E-state index in [1.165, 1.54) is 12.1 Å². The molecule has 1 fully saturated rings. The van der Waals surface area contributed by atoms with E-state index in [4.69, 9.17) is 0 Å². The number of thioether (sulfide) groups is 1. The molecule has 1 saturated heterocycles. The SMILES string of the molecule is OC1CCN(CCSc2ccc(F)cc2)C1. The van der Waals surface area contributed by atoms with Crippen LogP contribution in [0.3, 0.4) is 0 Å². The van der Waals surface area contributed by atoms with Crippen LogP contribution in [0.25, 0.3) is 0 Å². The number of hydrogen-bond donors (Lipinski definition) is 1. The predicted octanol–water partition coefficient (Wildman–Crippen LogP) is 1.98. The van der Waals surface area contributed by atoms with E-state index in [0.717, 1.165) is 36.7 Å². The van der Waals surface area contributed by atoms with Crippen molar-refractivity contribution in [2.24, 2.45) is 0 Å². The molecule has 0 bridgehead atoms. The van der Waals surface area contributed by atoms with Crippen LogP contribution in [0.15, 0.2) is 29.2 Å². The molecule has 0 spiro atoms. The van der Waals surface area contributed by atoms with E-state index in [1.54, 1.807) is 23.9 Å². The van der Waals surface area contributed by atoms with E-state index in [9.17, 15) is 9.50 Å². The molecule has 0 radical (unpaired) electrons. The molecule has 16 heavy (non-hydrogen) atoms. The van der Waals surface area contributed by atoms with Gasteiger partial charge in [-0.15, -0.1) is 11.8 Å². The number of aliphatic hydroxyl groups is 1. The van der Waals surface area contributed by atoms with Gasteiger partial charge in [0.15, 0.2) is 0 Å². The Kier molecular flexibility index (Phi) is 4.21. The van der Waals surface area contributed by atoms with Crippen molar-refractivity contribution < 1.29 is 9.50 Å². The molecule has 1 heterocycles. The molecule has 1 aromatic rings. The Bertz CT molecular complexity index is 330. The monoisotopic (exact) mass is 241 g/mol. The van der Waals surface area contributed by atoms with Gasteiger partial charge in [-0.2, -0.15) is 0 Å². The number of β-amino-alcohol motifs (C(OH)–C–C–N with tert-alkyl or cyclic N) is 1. The van der Waals surface area contributed by atoms with Crippen LogP contribution in [0.2, 0.25) is 0 Å². The molecular formula is C12H16FNOS. The summed E-state index contributed by atoms with van der Waals surface area (Å²) in [5, 5.41) is 9.36. The number of likely N-dealkylation sites (tertiary alicyclic amines) is 1. The Morgan fingerprint density at radius 1 is 1.38 bits per heavy atom. The lowest BCUT2D eigenvalue weighted by atomic mass is 10.3. The first-order valence-corrected chi connectivity index (χ1v) is 6.51. The molecular weight excluding hydrogens is 225 g/mol. The summed E-state index contributed by atoms with van der Waals surface area (Å²) in [7, 11) is 0. The standard InChI is InChI=1S/C12H16FNOS/c13-10-1-3-12(4-2-10)16-8-7-14-6-5-11(15)9-14/h1-4,11,15H,5-9H2. The summed E-state index contributed by atoms with van der Waals surface area (Å²) in [5.41, 5.74) is 0. The number of hydrogen-bond acceptors (Lipinski definition) is 3. The summed E-state index contributed by atoms with van der Waals surface area (Å²) in [4.78, 5) is 3.36. The van der Waals surface area contributed by atoms with Crippen molar-refractivity contribution in [2.45, 2.75) is 17.4 Å². The van der Waals surface area contributed by atoms with Crippen LogP contribution in [0, 0.1) is 5.82 Å². The average Bonchev–Trinajstić information content (AvgIpc) is 2.67. The molecule has 1 unspecified atom stereocenters. The lowest BCUT2D eigenvalue weighted by molar-refractivity contribution is 0.178. The van der Waals surface area contributed by atoms with Crippen LogP contribution in [0.4, 0.5) is 4.39 Å². The van der Waals surface area contributed by atoms with E-state index < -0.39 is 0 Å². The summed E-state index contributed by atoms with van der Waals surface area (Å²) in [6.45, 7) is 2.77. The van der Waals surface area contributed by atoms with Gasteiger partial charge in [-0.05, 0) is 30.7 Å². The molecule has 88 valence electrons. The van der Waals surface area contributed by atoms with Crippen molar-refractivity contribution in [1.29, 1.82) is 0 Å². The first kappa shape index (κ1) is 11.9. The first-order valence-electron chi connectivity index (χ1n) is 5.53. The zero-order chi connectivity index (χ0) is 11.4. The normalized spacial score (nSPS) is 21.5. The van der Waals surface area contributed by atoms with Crippen molar-refractivity contribution in [3.05, 3.63) is 30.1 Å². The average molecular weight is 241 g/mol. The Hall–Kier alpha value is -0.580. The van der Waals surface area contributed by atoms with E-state index in [-0.39, 0.29) is 11.9 Å². The van der Waals surface area contributed by atoms with Gasteiger partial charge in [-0.25, -0.2) is 4.39 Å². The number of halogens is 1. The molecule has 0 amide bonds. The number of aliphatic hydroxyl groups excluding tert-OH is 1. The predicted molar refractivity (Wildman–Crippen MR) is 64.2 cm³/mol. The summed E-state index contributed by atoms with van der Waals surface area (Å²) >= 11 is 1.73. The maximum absolute atomic E-state index is 12.7. The number of nitrogens with zero attached hydrogens (tertiary/aromatic N) is 1. The zero-order valence-electron chi connectivity index (χ0n) is 9.10. The van der Waals surface area contributed by atoms with Gasteiger partial charge in [-0.1, -0.05) is 0 Å². The first-order chi connectivity index (χ1) is 7.74. The molecule has 2 nitrogen and oxygen atoms in total. The summed E-state index contributed by atoms with van der Waals surface area (Å²) < 4.78 is 12.7. The van der Waals surface area contributed by atoms with Gasteiger partial charge >= 0.3 is 0 Å². The Morgan fingerprint density at radius 3 is 2.75 bits per heavy atom. The minimum Gasteiger partial charge on any atom is -0.392 e. The van der Waals surface area contributed by atoms with Crippen molar-refractivity contribution in [3.8, 4) is 0 Å². The number of rotatable bonds is 4. The van der Waals surface area contributed by atoms with Crippen LogP contribution in [-0.2, 0) is 0 Å². The fourth-order valence-electron chi connectivity index (χ4n) is 1.84. The van der Waals surface area contributed by atoms with E-state index >= 15 is 0 Å². The highest BCUT2D eigenvalue weighted by molar-refractivity contribution is 7.99. The van der Waals surface area contributed by atoms with Crippen molar-refractivity contribution in [1.82, 2.24) is 4.90 Å². The molecule has 0 aromatic heterocycles. The lowest BCUT2D eigenvalue weighted by Crippen LogP contribution is -2.24. The second kappa shape index (κ2) is 5.66. The smallest absolute Gasteiger partial charge is 0.123 e. The van der Waals surface area contributed by atoms with Gasteiger partial charge in [0.2, 0.25) is 0 Å². The van der Waals surface area contributed by atoms with Crippen molar-refractivity contribution >= 4 is 11.8 Å². The lowest BCUT2D eigenvalue weighted by Gasteiger charge is -2.13. The third-order valence-corrected chi connectivity index (χ3v) is 3.73. The van der Waals surface area contributed by atoms with E-state index in [2.05, 4.69) is 4.90 Å². The van der Waals surface area contributed by atoms with Crippen LogP contribution in [0.5, 0.6) is 0 Å². The third-order valence-electron chi connectivity index (χ3n) is 2.74. The fraction of sp³-hybridized carbons (Fsp3) is 0.500. The molecule has 4 heteroatoms. The van der Waals surface area contributed by atoms with Crippen LogP contribution < -0.4 is 0 Å². The van der Waals surface area contributed by atoms with Gasteiger partial charge in [0, 0.05) is 30.3 Å². The largest absolute Gasteiger partial charge is 0.392 e. The Morgan fingerprint density at radius 2 is 2.12 bits per heavy atom. The molecule has 1 N–H and O–H groups in total. The fourth-order valence-corrected chi connectivity index (χ4v) is 2.75. The summed E-state index contributed by atoms with van der Waals surface area (Å²) in [6.07, 6.45) is 0.747. The summed E-state index contributed by atoms with van der Waals surface area (Å²) in [5.74, 6) is 0.797. The second-order valence-electron chi connectivity index (χ2n) is 4.05. The van der Waals surface area contributed by atoms with Crippen LogP contribution >= 0.6 is 11.8 Å². The van der Waals surface area contributed by atoms with E-state index in [0.29, 0.717) is 0 Å². The molecule has 0 saturated carbocycles. The van der Waals surface area contributed by atoms with Gasteiger partial charge in [-0.3, -0.25) is 4.90 Å². The van der Waals surface area contributed by atoms with Gasteiger partial charge in [0.1, 0.15) is 5.82 Å². The Labute approximate surface area is 99.5 Å². The molecule has 1 aromatic carbocycles. The topological polar surface area (TPSA) is 23.5 Å². The minimum absolute atomic E-state index is 0.143. The minimum atomic E-state index is -0.188. The van der Waals surface area contributed by atoms with Crippen LogP contribution in [-0.4, -0.2) is 41.5 Å². The maximum atomic E-state index is 12.7. The van der Waals surface area contributed by atoms with Gasteiger partial charge in [0.25, 0.3) is 0 Å². The second-order valence-corrected chi connectivity index (χ2v) is 5.21. The van der Waals surface area contributed by atoms with Gasteiger partial charge in [0.05, 0.1) is 6.10 Å². The third kappa shape index (κ3) is 3.47. The Balaban J connectivity index is 1.70. The van der Waals surface area contributed by atoms with Crippen LogP contribution in [0.1, 0.15) is 6.42 Å². The highest BCUT2D eigenvalue weighted by Gasteiger charge is 2.19. The quantitative estimate of drug-likeness (QED) is 0.815. The highest BCUT2D eigenvalue weighted by Crippen LogP contribution is 2.19. The molecule has 0 aliphatic carbocycles.